The monoisotopic (exact) mass is 473 g/mol. The highest BCUT2D eigenvalue weighted by atomic mass is 32.2. The molecule has 0 saturated carbocycles. The number of rotatable bonds is 7. The van der Waals surface area contributed by atoms with Crippen LogP contribution in [-0.2, 0) is 14.6 Å². The summed E-state index contributed by atoms with van der Waals surface area (Å²) in [5.74, 6) is -0.409. The van der Waals surface area contributed by atoms with E-state index in [1.54, 1.807) is 30.0 Å². The summed E-state index contributed by atoms with van der Waals surface area (Å²) < 4.78 is 31.8. The van der Waals surface area contributed by atoms with E-state index >= 15 is 0 Å². The van der Waals surface area contributed by atoms with E-state index in [1.165, 1.54) is 17.4 Å². The lowest BCUT2D eigenvalue weighted by atomic mass is 10.2. The van der Waals surface area contributed by atoms with Crippen molar-refractivity contribution < 1.29 is 17.9 Å². The van der Waals surface area contributed by atoms with E-state index < -0.39 is 9.84 Å². The van der Waals surface area contributed by atoms with Gasteiger partial charge >= 0.3 is 0 Å². The van der Waals surface area contributed by atoms with Crippen LogP contribution in [0.2, 0.25) is 0 Å². The van der Waals surface area contributed by atoms with Crippen molar-refractivity contribution in [2.45, 2.75) is 18.7 Å². The van der Waals surface area contributed by atoms with Gasteiger partial charge in [0.1, 0.15) is 0 Å². The van der Waals surface area contributed by atoms with Gasteiger partial charge in [-0.15, -0.1) is 0 Å². The number of carbonyl (C=O) groups excluding carboxylic acids is 1. The first-order valence-electron chi connectivity index (χ1n) is 10.7. The molecule has 7 nitrogen and oxygen atoms in total. The Bertz CT molecular complexity index is 1220. The van der Waals surface area contributed by atoms with Crippen LogP contribution in [0.25, 0.3) is 10.2 Å². The number of benzene rings is 2. The molecule has 0 spiro atoms. The number of nitrogens with zero attached hydrogens (tertiary/aromatic N) is 3. The molecule has 0 radical (unpaired) electrons. The van der Waals surface area contributed by atoms with Crippen LogP contribution in [0.15, 0.2) is 47.4 Å². The lowest BCUT2D eigenvalue weighted by Gasteiger charge is -2.29. The molecule has 2 aromatic carbocycles. The normalized spacial score (nSPS) is 15.2. The third-order valence-corrected chi connectivity index (χ3v) is 8.49. The fraction of sp³-hybridized carbons (Fsp3) is 0.391. The summed E-state index contributed by atoms with van der Waals surface area (Å²) in [4.78, 5) is 22.5. The number of aromatic nitrogens is 1. The zero-order valence-corrected chi connectivity index (χ0v) is 19.9. The summed E-state index contributed by atoms with van der Waals surface area (Å²) >= 11 is 1.45. The number of hydrogen-bond acceptors (Lipinski definition) is 7. The van der Waals surface area contributed by atoms with E-state index in [9.17, 15) is 13.2 Å². The van der Waals surface area contributed by atoms with Crippen LogP contribution in [0.1, 0.15) is 22.8 Å². The standard InChI is InChI=1S/C23H27N3O4S2/c1-3-32(28,29)20-10-5-4-8-18(20)22(27)26(12-11-25-13-15-30-16-14-25)23-24-21-17(2)7-6-9-19(21)31-23/h4-10H,3,11-16H2,1-2H3. The molecule has 2 heterocycles. The van der Waals surface area contributed by atoms with Gasteiger partial charge in [-0.3, -0.25) is 14.6 Å². The van der Waals surface area contributed by atoms with Crippen LogP contribution in [-0.4, -0.2) is 69.4 Å². The van der Waals surface area contributed by atoms with Crippen molar-refractivity contribution >= 4 is 42.4 Å². The quantitative estimate of drug-likeness (QED) is 0.523. The third-order valence-electron chi connectivity index (χ3n) is 5.66. The van der Waals surface area contributed by atoms with Crippen LogP contribution in [0, 0.1) is 6.92 Å². The molecule has 0 aliphatic carbocycles. The second kappa shape index (κ2) is 9.66. The van der Waals surface area contributed by atoms with Crippen LogP contribution in [0.5, 0.6) is 0 Å². The molecular weight excluding hydrogens is 446 g/mol. The van der Waals surface area contributed by atoms with Gasteiger partial charge in [-0.05, 0) is 30.7 Å². The first-order valence-corrected chi connectivity index (χ1v) is 13.2. The van der Waals surface area contributed by atoms with Gasteiger partial charge in [-0.1, -0.05) is 42.5 Å². The second-order valence-corrected chi connectivity index (χ2v) is 11.0. The van der Waals surface area contributed by atoms with Gasteiger partial charge in [0.2, 0.25) is 0 Å². The largest absolute Gasteiger partial charge is 0.379 e. The van der Waals surface area contributed by atoms with E-state index in [1.807, 2.05) is 25.1 Å². The molecule has 4 rings (SSSR count). The maximum atomic E-state index is 13.7. The molecule has 0 N–H and O–H groups in total. The summed E-state index contributed by atoms with van der Waals surface area (Å²) in [6.07, 6.45) is 0. The van der Waals surface area contributed by atoms with E-state index in [-0.39, 0.29) is 22.1 Å². The number of carbonyl (C=O) groups is 1. The Labute approximate surface area is 192 Å². The van der Waals surface area contributed by atoms with Gasteiger partial charge in [0, 0.05) is 26.2 Å². The number of amides is 1. The zero-order chi connectivity index (χ0) is 22.7. The number of hydrogen-bond donors (Lipinski definition) is 0. The molecule has 0 atom stereocenters. The van der Waals surface area contributed by atoms with Crippen LogP contribution < -0.4 is 4.90 Å². The topological polar surface area (TPSA) is 79.8 Å². The molecular formula is C23H27N3O4S2. The molecule has 0 bridgehead atoms. The van der Waals surface area contributed by atoms with Crippen LogP contribution in [0.3, 0.4) is 0 Å². The first kappa shape index (κ1) is 22.8. The number of sulfone groups is 1. The molecule has 0 unspecified atom stereocenters. The molecule has 9 heteroatoms. The Kier molecular flexibility index (Phi) is 6.90. The van der Waals surface area contributed by atoms with Crippen molar-refractivity contribution in [1.82, 2.24) is 9.88 Å². The number of para-hydroxylation sites is 1. The fourth-order valence-electron chi connectivity index (χ4n) is 3.76. The zero-order valence-electron chi connectivity index (χ0n) is 18.3. The van der Waals surface area contributed by atoms with E-state index in [0.29, 0.717) is 31.4 Å². The second-order valence-electron chi connectivity index (χ2n) is 7.73. The first-order chi connectivity index (χ1) is 15.4. The highest BCUT2D eigenvalue weighted by Gasteiger charge is 2.28. The predicted octanol–water partition coefficient (Wildman–Crippen LogP) is 3.38. The van der Waals surface area contributed by atoms with E-state index in [2.05, 4.69) is 4.90 Å². The molecule has 3 aromatic rings. The van der Waals surface area contributed by atoms with Crippen molar-refractivity contribution in [3.63, 3.8) is 0 Å². The molecule has 1 aromatic heterocycles. The van der Waals surface area contributed by atoms with Crippen LogP contribution >= 0.6 is 11.3 Å². The molecule has 1 fully saturated rings. The smallest absolute Gasteiger partial charge is 0.261 e. The number of thiazole rings is 1. The van der Waals surface area contributed by atoms with Gasteiger partial charge in [0.15, 0.2) is 15.0 Å². The van der Waals surface area contributed by atoms with Crippen molar-refractivity contribution in [3.05, 3.63) is 53.6 Å². The Morgan fingerprint density at radius 2 is 1.91 bits per heavy atom. The molecule has 170 valence electrons. The number of ether oxygens (including phenoxy) is 1. The maximum absolute atomic E-state index is 13.7. The Balaban J connectivity index is 1.73. The third kappa shape index (κ3) is 4.71. The minimum atomic E-state index is -3.55. The minimum Gasteiger partial charge on any atom is -0.379 e. The summed E-state index contributed by atoms with van der Waals surface area (Å²) in [7, 11) is -3.55. The number of morpholine rings is 1. The molecule has 1 amide bonds. The summed E-state index contributed by atoms with van der Waals surface area (Å²) in [5, 5.41) is 0.580. The van der Waals surface area contributed by atoms with Gasteiger partial charge in [-0.2, -0.15) is 0 Å². The average molecular weight is 474 g/mol. The van der Waals surface area contributed by atoms with Gasteiger partial charge in [0.05, 0.1) is 39.6 Å². The van der Waals surface area contributed by atoms with Crippen molar-refractivity contribution in [3.8, 4) is 0 Å². The fourth-order valence-corrected chi connectivity index (χ4v) is 5.91. The Morgan fingerprint density at radius 3 is 2.62 bits per heavy atom. The van der Waals surface area contributed by atoms with Gasteiger partial charge < -0.3 is 4.74 Å². The highest BCUT2D eigenvalue weighted by Crippen LogP contribution is 2.32. The molecule has 1 saturated heterocycles. The molecule has 1 aliphatic rings. The molecule has 32 heavy (non-hydrogen) atoms. The number of aryl methyl sites for hydroxylation is 1. The van der Waals surface area contributed by atoms with E-state index in [0.717, 1.165) is 28.9 Å². The summed E-state index contributed by atoms with van der Waals surface area (Å²) in [6.45, 7) is 7.62. The average Bonchev–Trinajstić information content (AvgIpc) is 3.25. The Hall–Kier alpha value is -2.33. The summed E-state index contributed by atoms with van der Waals surface area (Å²) in [6, 6.07) is 12.4. The summed E-state index contributed by atoms with van der Waals surface area (Å²) in [5.41, 5.74) is 2.10. The lowest BCUT2D eigenvalue weighted by Crippen LogP contribution is -2.43. The van der Waals surface area contributed by atoms with Crippen molar-refractivity contribution in [2.24, 2.45) is 0 Å². The highest BCUT2D eigenvalue weighted by molar-refractivity contribution is 7.91. The Morgan fingerprint density at radius 1 is 1.16 bits per heavy atom. The van der Waals surface area contributed by atoms with Crippen molar-refractivity contribution in [2.75, 3.05) is 50.0 Å². The maximum Gasteiger partial charge on any atom is 0.261 e. The molecule has 1 aliphatic heterocycles. The predicted molar refractivity (Wildman–Crippen MR) is 127 cm³/mol. The SMILES string of the molecule is CCS(=O)(=O)c1ccccc1C(=O)N(CCN1CCOCC1)c1nc2c(C)cccc2s1. The minimum absolute atomic E-state index is 0.0641. The lowest BCUT2D eigenvalue weighted by molar-refractivity contribution is 0.0391. The van der Waals surface area contributed by atoms with E-state index in [4.69, 9.17) is 9.72 Å². The van der Waals surface area contributed by atoms with Crippen LogP contribution in [0.4, 0.5) is 5.13 Å². The van der Waals surface area contributed by atoms with Crippen molar-refractivity contribution in [1.29, 1.82) is 0 Å². The number of anilines is 1. The van der Waals surface area contributed by atoms with Gasteiger partial charge in [-0.25, -0.2) is 13.4 Å². The van der Waals surface area contributed by atoms with Gasteiger partial charge in [0.25, 0.3) is 5.91 Å². The number of fused-ring (bicyclic) bond motifs is 1.